The number of nitrogens with zero attached hydrogens (tertiary/aromatic N) is 2. The Morgan fingerprint density at radius 2 is 1.95 bits per heavy atom. The molecule has 0 N–H and O–H groups in total. The van der Waals surface area contributed by atoms with E-state index in [1.165, 1.54) is 16.9 Å². The second-order valence-electron chi connectivity index (χ2n) is 5.29. The summed E-state index contributed by atoms with van der Waals surface area (Å²) in [7, 11) is 2.11. The summed E-state index contributed by atoms with van der Waals surface area (Å²) in [5.41, 5.74) is 1.20. The number of benzene rings is 1. The van der Waals surface area contributed by atoms with Crippen LogP contribution < -0.4 is 0 Å². The van der Waals surface area contributed by atoms with Crippen molar-refractivity contribution in [2.45, 2.75) is 6.04 Å². The van der Waals surface area contributed by atoms with E-state index in [2.05, 4.69) is 40.0 Å². The number of carbonyl (C=O) groups is 1. The average molecular weight is 365 g/mol. The molecule has 0 saturated carbocycles. The van der Waals surface area contributed by atoms with Gasteiger partial charge < -0.3 is 9.80 Å². The van der Waals surface area contributed by atoms with E-state index in [4.69, 9.17) is 0 Å². The van der Waals surface area contributed by atoms with Gasteiger partial charge in [0.2, 0.25) is 0 Å². The van der Waals surface area contributed by atoms with Crippen molar-refractivity contribution in [1.29, 1.82) is 0 Å². The van der Waals surface area contributed by atoms with Gasteiger partial charge in [0.05, 0.1) is 14.7 Å². The highest BCUT2D eigenvalue weighted by atomic mass is 79.9. The summed E-state index contributed by atoms with van der Waals surface area (Å²) in [6.07, 6.45) is 0. The van der Waals surface area contributed by atoms with Gasteiger partial charge in [0.15, 0.2) is 0 Å². The summed E-state index contributed by atoms with van der Waals surface area (Å²) >= 11 is 4.93. The Kier molecular flexibility index (Phi) is 4.42. The lowest BCUT2D eigenvalue weighted by molar-refractivity contribution is 0.0503. The van der Waals surface area contributed by atoms with Crippen LogP contribution in [0.25, 0.3) is 0 Å². The standard InChI is InChI=1S/C16H17BrN2OS/c1-18-9-10-19(16(20)14-7-8-15(17)21-14)13(11-18)12-5-3-2-4-6-12/h2-8,13H,9-11H2,1H3. The normalized spacial score (nSPS) is 19.7. The third kappa shape index (κ3) is 3.20. The number of rotatable bonds is 2. The van der Waals surface area contributed by atoms with Crippen LogP contribution in [0, 0.1) is 0 Å². The number of hydrogen-bond donors (Lipinski definition) is 0. The van der Waals surface area contributed by atoms with Crippen LogP contribution in [0.4, 0.5) is 0 Å². The molecule has 1 aromatic heterocycles. The topological polar surface area (TPSA) is 23.6 Å². The quantitative estimate of drug-likeness (QED) is 0.811. The Morgan fingerprint density at radius 1 is 1.19 bits per heavy atom. The van der Waals surface area contributed by atoms with Gasteiger partial charge in [-0.3, -0.25) is 4.79 Å². The van der Waals surface area contributed by atoms with Crippen LogP contribution in [0.2, 0.25) is 0 Å². The predicted molar refractivity (Wildman–Crippen MR) is 89.7 cm³/mol. The van der Waals surface area contributed by atoms with Gasteiger partial charge in [0.25, 0.3) is 5.91 Å². The zero-order chi connectivity index (χ0) is 14.8. The molecule has 2 aromatic rings. The molecule has 21 heavy (non-hydrogen) atoms. The van der Waals surface area contributed by atoms with Gasteiger partial charge in [-0.25, -0.2) is 0 Å². The summed E-state index contributed by atoms with van der Waals surface area (Å²) < 4.78 is 0.997. The fourth-order valence-electron chi connectivity index (χ4n) is 2.69. The van der Waals surface area contributed by atoms with Crippen molar-refractivity contribution in [2.24, 2.45) is 0 Å². The molecule has 1 unspecified atom stereocenters. The molecule has 1 fully saturated rings. The van der Waals surface area contributed by atoms with Crippen molar-refractivity contribution >= 4 is 33.2 Å². The molecular formula is C16H17BrN2OS. The van der Waals surface area contributed by atoms with Crippen LogP contribution in [-0.4, -0.2) is 42.4 Å². The van der Waals surface area contributed by atoms with Gasteiger partial charge >= 0.3 is 0 Å². The van der Waals surface area contributed by atoms with Crippen LogP contribution >= 0.6 is 27.3 Å². The number of piperazine rings is 1. The summed E-state index contributed by atoms with van der Waals surface area (Å²) in [6.45, 7) is 2.56. The van der Waals surface area contributed by atoms with Crippen molar-refractivity contribution in [3.05, 3.63) is 56.7 Å². The molecule has 1 aliphatic heterocycles. The zero-order valence-electron chi connectivity index (χ0n) is 11.8. The fourth-order valence-corrected chi connectivity index (χ4v) is 4.04. The fraction of sp³-hybridized carbons (Fsp3) is 0.312. The van der Waals surface area contributed by atoms with Gasteiger partial charge in [0, 0.05) is 19.6 Å². The second-order valence-corrected chi connectivity index (χ2v) is 7.75. The van der Waals surface area contributed by atoms with Crippen LogP contribution in [0.1, 0.15) is 21.3 Å². The van der Waals surface area contributed by atoms with E-state index in [1.807, 2.05) is 35.2 Å². The van der Waals surface area contributed by atoms with E-state index in [0.717, 1.165) is 28.3 Å². The molecule has 3 rings (SSSR count). The Hall–Kier alpha value is -1.17. The first kappa shape index (κ1) is 14.8. The summed E-state index contributed by atoms with van der Waals surface area (Å²) in [6, 6.07) is 14.3. The zero-order valence-corrected chi connectivity index (χ0v) is 14.2. The number of halogens is 1. The Labute approximate surface area is 137 Å². The van der Waals surface area contributed by atoms with Crippen molar-refractivity contribution in [1.82, 2.24) is 9.80 Å². The summed E-state index contributed by atoms with van der Waals surface area (Å²) in [5, 5.41) is 0. The second kappa shape index (κ2) is 6.30. The molecule has 1 aliphatic rings. The van der Waals surface area contributed by atoms with Crippen LogP contribution in [-0.2, 0) is 0 Å². The molecule has 0 spiro atoms. The number of hydrogen-bond acceptors (Lipinski definition) is 3. The molecule has 1 amide bonds. The van der Waals surface area contributed by atoms with Gasteiger partial charge in [0.1, 0.15) is 0 Å². The van der Waals surface area contributed by atoms with Crippen molar-refractivity contribution < 1.29 is 4.79 Å². The van der Waals surface area contributed by atoms with Crippen LogP contribution in [0.3, 0.4) is 0 Å². The Balaban J connectivity index is 1.89. The van der Waals surface area contributed by atoms with E-state index < -0.39 is 0 Å². The van der Waals surface area contributed by atoms with E-state index in [-0.39, 0.29) is 11.9 Å². The smallest absolute Gasteiger partial charge is 0.264 e. The largest absolute Gasteiger partial charge is 0.328 e. The van der Waals surface area contributed by atoms with Crippen LogP contribution in [0.5, 0.6) is 0 Å². The lowest BCUT2D eigenvalue weighted by Gasteiger charge is -2.40. The van der Waals surface area contributed by atoms with Gasteiger partial charge in [-0.2, -0.15) is 0 Å². The third-order valence-corrected chi connectivity index (χ3v) is 5.42. The lowest BCUT2D eigenvalue weighted by atomic mass is 10.0. The first-order valence-electron chi connectivity index (χ1n) is 6.95. The molecule has 0 aliphatic carbocycles. The molecule has 3 nitrogen and oxygen atoms in total. The minimum atomic E-state index is 0.123. The van der Waals surface area contributed by atoms with Crippen molar-refractivity contribution in [3.8, 4) is 0 Å². The lowest BCUT2D eigenvalue weighted by Crippen LogP contribution is -2.49. The average Bonchev–Trinajstić information content (AvgIpc) is 2.94. The number of amides is 1. The maximum Gasteiger partial charge on any atom is 0.264 e. The van der Waals surface area contributed by atoms with Gasteiger partial charge in [-0.05, 0) is 40.7 Å². The molecule has 110 valence electrons. The van der Waals surface area contributed by atoms with E-state index in [0.29, 0.717) is 0 Å². The van der Waals surface area contributed by atoms with E-state index >= 15 is 0 Å². The summed E-state index contributed by atoms with van der Waals surface area (Å²) in [5.74, 6) is 0.132. The number of thiophene rings is 1. The van der Waals surface area contributed by atoms with Gasteiger partial charge in [-0.15, -0.1) is 11.3 Å². The Bertz CT molecular complexity index is 628. The molecule has 0 radical (unpaired) electrons. The first-order valence-corrected chi connectivity index (χ1v) is 8.56. The van der Waals surface area contributed by atoms with Crippen molar-refractivity contribution in [2.75, 3.05) is 26.7 Å². The SMILES string of the molecule is CN1CCN(C(=O)c2ccc(Br)s2)C(c2ccccc2)C1. The molecule has 2 heterocycles. The number of carbonyl (C=O) groups excluding carboxylic acids is 1. The van der Waals surface area contributed by atoms with Crippen LogP contribution in [0.15, 0.2) is 46.3 Å². The predicted octanol–water partition coefficient (Wildman–Crippen LogP) is 3.64. The molecular weight excluding hydrogens is 348 g/mol. The van der Waals surface area contributed by atoms with E-state index in [1.54, 1.807) is 0 Å². The molecule has 1 atom stereocenters. The highest BCUT2D eigenvalue weighted by molar-refractivity contribution is 9.11. The van der Waals surface area contributed by atoms with Crippen molar-refractivity contribution in [3.63, 3.8) is 0 Å². The maximum absolute atomic E-state index is 12.8. The highest BCUT2D eigenvalue weighted by Crippen LogP contribution is 2.29. The highest BCUT2D eigenvalue weighted by Gasteiger charge is 2.31. The van der Waals surface area contributed by atoms with E-state index in [9.17, 15) is 4.79 Å². The minimum absolute atomic E-state index is 0.123. The third-order valence-electron chi connectivity index (χ3n) is 3.81. The summed E-state index contributed by atoms with van der Waals surface area (Å²) in [4.78, 5) is 17.9. The van der Waals surface area contributed by atoms with Gasteiger partial charge in [-0.1, -0.05) is 30.3 Å². The monoisotopic (exact) mass is 364 g/mol. The molecule has 1 aromatic carbocycles. The first-order chi connectivity index (χ1) is 10.1. The maximum atomic E-state index is 12.8. The Morgan fingerprint density at radius 3 is 2.62 bits per heavy atom. The minimum Gasteiger partial charge on any atom is -0.328 e. The number of likely N-dealkylation sites (N-methyl/N-ethyl adjacent to an activating group) is 1. The molecule has 5 heteroatoms. The molecule has 1 saturated heterocycles. The molecule has 0 bridgehead atoms.